The predicted octanol–water partition coefficient (Wildman–Crippen LogP) is 0.236. The SMILES string of the molecule is COc1nc(NC(=O)NS(=O)(=O)c2ccccc2OCC#N)nn1C. The number of ether oxygens (including phenoxy) is 2. The summed E-state index contributed by atoms with van der Waals surface area (Å²) in [5, 5.41) is 14.6. The molecular weight excluding hydrogens is 352 g/mol. The van der Waals surface area contributed by atoms with Crippen LogP contribution in [0, 0.1) is 11.3 Å². The van der Waals surface area contributed by atoms with E-state index in [-0.39, 0.29) is 29.2 Å². The normalized spacial score (nSPS) is 10.6. The molecule has 0 fully saturated rings. The van der Waals surface area contributed by atoms with Crippen molar-refractivity contribution in [1.29, 1.82) is 5.26 Å². The lowest BCUT2D eigenvalue weighted by Gasteiger charge is -2.10. The lowest BCUT2D eigenvalue weighted by Crippen LogP contribution is -2.35. The van der Waals surface area contributed by atoms with E-state index in [9.17, 15) is 13.2 Å². The van der Waals surface area contributed by atoms with E-state index in [1.54, 1.807) is 6.07 Å². The topological polar surface area (TPSA) is 148 Å². The van der Waals surface area contributed by atoms with Crippen molar-refractivity contribution in [3.8, 4) is 17.8 Å². The largest absolute Gasteiger partial charge is 0.477 e. The second-order valence-electron chi connectivity index (χ2n) is 4.50. The summed E-state index contributed by atoms with van der Waals surface area (Å²) < 4.78 is 37.7. The number of rotatable bonds is 6. The third kappa shape index (κ3) is 4.36. The van der Waals surface area contributed by atoms with Crippen molar-refractivity contribution in [1.82, 2.24) is 19.5 Å². The van der Waals surface area contributed by atoms with Crippen molar-refractivity contribution in [3.63, 3.8) is 0 Å². The minimum Gasteiger partial charge on any atom is -0.477 e. The number of methoxy groups -OCH3 is 1. The van der Waals surface area contributed by atoms with Gasteiger partial charge in [0.2, 0.25) is 0 Å². The number of nitriles is 1. The summed E-state index contributed by atoms with van der Waals surface area (Å²) in [5.74, 6) is -0.192. The standard InChI is InChI=1S/C13H14N6O5S/c1-19-13(23-2)16-11(17-19)15-12(20)18-25(21,22)10-6-4-3-5-9(10)24-8-7-14/h3-6H,8H2,1-2H3,(H2,15,17,18,20). The Bertz CT molecular complexity index is 917. The van der Waals surface area contributed by atoms with Crippen LogP contribution in [0.2, 0.25) is 0 Å². The van der Waals surface area contributed by atoms with E-state index in [0.717, 1.165) is 0 Å². The van der Waals surface area contributed by atoms with Crippen molar-refractivity contribution >= 4 is 22.0 Å². The monoisotopic (exact) mass is 366 g/mol. The number of nitrogens with one attached hydrogen (secondary N) is 2. The number of para-hydroxylation sites is 1. The zero-order valence-corrected chi connectivity index (χ0v) is 14.1. The summed E-state index contributed by atoms with van der Waals surface area (Å²) in [6.45, 7) is -0.337. The van der Waals surface area contributed by atoms with Gasteiger partial charge in [-0.05, 0) is 12.1 Å². The Hall–Kier alpha value is -3.33. The quantitative estimate of drug-likeness (QED) is 0.738. The summed E-state index contributed by atoms with van der Waals surface area (Å²) >= 11 is 0. The average Bonchev–Trinajstić information content (AvgIpc) is 2.91. The van der Waals surface area contributed by atoms with E-state index in [2.05, 4.69) is 15.4 Å². The first-order valence-corrected chi connectivity index (χ1v) is 8.23. The zero-order valence-electron chi connectivity index (χ0n) is 13.3. The molecule has 0 unspecified atom stereocenters. The number of carbonyl (C=O) groups is 1. The Kier molecular flexibility index (Phi) is 5.40. The molecule has 132 valence electrons. The Morgan fingerprint density at radius 3 is 2.76 bits per heavy atom. The molecule has 1 aromatic heterocycles. The lowest BCUT2D eigenvalue weighted by atomic mass is 10.3. The number of sulfonamides is 1. The molecule has 0 bridgehead atoms. The maximum absolute atomic E-state index is 12.3. The molecule has 0 saturated heterocycles. The van der Waals surface area contributed by atoms with Crippen molar-refractivity contribution in [2.75, 3.05) is 19.0 Å². The Labute approximate surface area is 143 Å². The van der Waals surface area contributed by atoms with Crippen LogP contribution in [0.25, 0.3) is 0 Å². The number of amides is 2. The number of aromatic nitrogens is 3. The van der Waals surface area contributed by atoms with E-state index in [1.807, 2.05) is 4.72 Å². The van der Waals surface area contributed by atoms with Crippen molar-refractivity contribution in [2.45, 2.75) is 4.90 Å². The van der Waals surface area contributed by atoms with Crippen molar-refractivity contribution < 1.29 is 22.7 Å². The van der Waals surface area contributed by atoms with Crippen LogP contribution in [0.5, 0.6) is 11.8 Å². The van der Waals surface area contributed by atoms with E-state index >= 15 is 0 Å². The summed E-state index contributed by atoms with van der Waals surface area (Å²) in [7, 11) is -1.33. The summed E-state index contributed by atoms with van der Waals surface area (Å²) in [5.41, 5.74) is 0. The number of anilines is 1. The number of urea groups is 1. The number of carbonyl (C=O) groups excluding carboxylic acids is 1. The molecule has 2 rings (SSSR count). The molecule has 0 saturated carbocycles. The summed E-state index contributed by atoms with van der Waals surface area (Å²) in [4.78, 5) is 15.5. The van der Waals surface area contributed by atoms with Crippen LogP contribution in [0.3, 0.4) is 0 Å². The average molecular weight is 366 g/mol. The minimum atomic E-state index is -4.24. The summed E-state index contributed by atoms with van der Waals surface area (Å²) in [6.07, 6.45) is 0. The maximum Gasteiger partial charge on any atom is 0.335 e. The highest BCUT2D eigenvalue weighted by Gasteiger charge is 2.23. The van der Waals surface area contributed by atoms with Crippen LogP contribution in [-0.2, 0) is 17.1 Å². The molecule has 11 nitrogen and oxygen atoms in total. The molecule has 0 radical (unpaired) electrons. The maximum atomic E-state index is 12.3. The molecule has 12 heteroatoms. The molecule has 1 heterocycles. The van der Waals surface area contributed by atoms with Crippen LogP contribution < -0.4 is 19.5 Å². The van der Waals surface area contributed by atoms with Crippen LogP contribution in [0.1, 0.15) is 0 Å². The van der Waals surface area contributed by atoms with Gasteiger partial charge in [0.1, 0.15) is 16.7 Å². The number of hydrogen-bond donors (Lipinski definition) is 2. The van der Waals surface area contributed by atoms with Gasteiger partial charge in [-0.15, -0.1) is 5.10 Å². The number of benzene rings is 1. The third-order valence-electron chi connectivity index (χ3n) is 2.79. The van der Waals surface area contributed by atoms with Gasteiger partial charge in [-0.2, -0.15) is 10.2 Å². The minimum absolute atomic E-state index is 0.0537. The zero-order chi connectivity index (χ0) is 18.4. The molecule has 0 aliphatic rings. The van der Waals surface area contributed by atoms with E-state index in [1.165, 1.54) is 43.1 Å². The molecule has 2 aromatic rings. The van der Waals surface area contributed by atoms with Crippen LogP contribution in [0.4, 0.5) is 10.7 Å². The highest BCUT2D eigenvalue weighted by atomic mass is 32.2. The Balaban J connectivity index is 2.15. The Morgan fingerprint density at radius 2 is 2.12 bits per heavy atom. The van der Waals surface area contributed by atoms with Gasteiger partial charge in [0.25, 0.3) is 16.0 Å². The fourth-order valence-electron chi connectivity index (χ4n) is 1.81. The van der Waals surface area contributed by atoms with E-state index in [4.69, 9.17) is 14.7 Å². The van der Waals surface area contributed by atoms with Gasteiger partial charge in [-0.1, -0.05) is 12.1 Å². The second kappa shape index (κ2) is 7.49. The van der Waals surface area contributed by atoms with Gasteiger partial charge in [-0.25, -0.2) is 22.6 Å². The van der Waals surface area contributed by atoms with E-state index < -0.39 is 16.1 Å². The van der Waals surface area contributed by atoms with Gasteiger partial charge >= 0.3 is 12.0 Å². The molecule has 0 atom stereocenters. The molecule has 2 N–H and O–H groups in total. The van der Waals surface area contributed by atoms with Gasteiger partial charge in [-0.3, -0.25) is 5.32 Å². The van der Waals surface area contributed by atoms with Crippen molar-refractivity contribution in [2.24, 2.45) is 7.05 Å². The first-order valence-electron chi connectivity index (χ1n) is 6.75. The second-order valence-corrected chi connectivity index (χ2v) is 6.15. The molecule has 0 aliphatic heterocycles. The molecule has 1 aromatic carbocycles. The molecule has 2 amide bonds. The van der Waals surface area contributed by atoms with Gasteiger partial charge < -0.3 is 9.47 Å². The molecular formula is C13H14N6O5S. The molecule has 0 aliphatic carbocycles. The van der Waals surface area contributed by atoms with Gasteiger partial charge in [0.15, 0.2) is 6.61 Å². The number of nitrogens with zero attached hydrogens (tertiary/aromatic N) is 4. The predicted molar refractivity (Wildman–Crippen MR) is 84.4 cm³/mol. The van der Waals surface area contributed by atoms with Gasteiger partial charge in [0, 0.05) is 7.05 Å². The van der Waals surface area contributed by atoms with Crippen LogP contribution in [0.15, 0.2) is 29.2 Å². The van der Waals surface area contributed by atoms with Crippen LogP contribution >= 0.6 is 0 Å². The third-order valence-corrected chi connectivity index (χ3v) is 4.16. The van der Waals surface area contributed by atoms with Gasteiger partial charge in [0.05, 0.1) is 7.11 Å². The summed E-state index contributed by atoms with van der Waals surface area (Å²) in [6, 6.07) is 6.40. The van der Waals surface area contributed by atoms with E-state index in [0.29, 0.717) is 0 Å². The molecule has 0 spiro atoms. The number of hydrogen-bond acceptors (Lipinski definition) is 8. The molecule has 25 heavy (non-hydrogen) atoms. The first kappa shape index (κ1) is 18.0. The number of aryl methyl sites for hydroxylation is 1. The lowest BCUT2D eigenvalue weighted by molar-refractivity contribution is 0.256. The Morgan fingerprint density at radius 1 is 1.40 bits per heavy atom. The highest BCUT2D eigenvalue weighted by Crippen LogP contribution is 2.23. The van der Waals surface area contributed by atoms with Crippen LogP contribution in [-0.4, -0.2) is 42.9 Å². The highest BCUT2D eigenvalue weighted by molar-refractivity contribution is 7.90. The smallest absolute Gasteiger partial charge is 0.335 e. The fraction of sp³-hybridized carbons (Fsp3) is 0.231. The van der Waals surface area contributed by atoms with Crippen molar-refractivity contribution in [3.05, 3.63) is 24.3 Å². The fourth-order valence-corrected chi connectivity index (χ4v) is 2.86. The first-order chi connectivity index (χ1) is 11.9.